The Kier molecular flexibility index (Phi) is 16.0. The molecule has 11 heteroatoms. The second kappa shape index (κ2) is 14.5. The molecule has 0 atom stereocenters. The first-order chi connectivity index (χ1) is 14.2. The molecule has 0 unspecified atom stereocenters. The van der Waals surface area contributed by atoms with Gasteiger partial charge in [-0.25, -0.2) is 0 Å². The standard InChI is InChI=1S/2C11H15O2P.CH2NO2.2Au/c2*1-14(2,3,4)13-11(12)10-8-6-5-7-9-10;1-2(3)4;;/h2*5-9H,1-2H2,3-4H3;1H2;;/q2*-2;-1;;+3. The minimum absolute atomic E-state index is 0. The van der Waals surface area contributed by atoms with Crippen molar-refractivity contribution in [2.45, 2.75) is 0 Å². The maximum Gasteiger partial charge on any atom is -0.0710 e. The van der Waals surface area contributed by atoms with Crippen LogP contribution >= 0.6 is 13.7 Å². The van der Waals surface area contributed by atoms with Crippen molar-refractivity contribution in [3.8, 4) is 0 Å². The maximum atomic E-state index is 11.6. The summed E-state index contributed by atoms with van der Waals surface area (Å²) in [5.74, 6) is -0.698. The van der Waals surface area contributed by atoms with E-state index < -0.39 is 18.6 Å². The van der Waals surface area contributed by atoms with E-state index in [1.807, 2.05) is 12.1 Å². The second-order valence-corrected chi connectivity index (χ2v) is 19.5. The van der Waals surface area contributed by atoms with Gasteiger partial charge in [0.2, 0.25) is 0 Å². The molecule has 199 valence electrons. The van der Waals surface area contributed by atoms with Gasteiger partial charge in [0, 0.05) is 22.4 Å². The average Bonchev–Trinajstić information content (AvgIpc) is 2.59. The molecule has 0 N–H and O–H groups in total. The van der Waals surface area contributed by atoms with Crippen molar-refractivity contribution in [3.63, 3.8) is 0 Å². The molecule has 34 heavy (non-hydrogen) atoms. The number of hydrogen-bond acceptors (Lipinski definition) is 6. The summed E-state index contributed by atoms with van der Waals surface area (Å²) >= 11 is 0. The third kappa shape index (κ3) is 22.8. The van der Waals surface area contributed by atoms with Gasteiger partial charge in [-0.2, -0.15) is 0 Å². The summed E-state index contributed by atoms with van der Waals surface area (Å²) in [5.41, 5.74) is 1.08. The summed E-state index contributed by atoms with van der Waals surface area (Å²) in [6.07, 6.45) is 0. The topological polar surface area (TPSA) is 95.7 Å². The SMILES string of the molecule is [Au+3].[Au].[CH2-]P([CH2-])(C)(C)OC(=O)c1ccccc1.[CH2-]P([CH2-])(C)(C)OC(=O)c1ccccc1.[CH2-][N+](=O)[O-]. The molecular weight excluding hydrogens is 842 g/mol. The van der Waals surface area contributed by atoms with Crippen LogP contribution in [-0.2, 0) is 53.8 Å². The molecule has 0 aliphatic heterocycles. The third-order valence-corrected chi connectivity index (χ3v) is 4.39. The first-order valence-corrected chi connectivity index (χ1v) is 16.1. The van der Waals surface area contributed by atoms with E-state index in [1.165, 1.54) is 0 Å². The predicted molar refractivity (Wildman–Crippen MR) is 135 cm³/mol. The van der Waals surface area contributed by atoms with Crippen molar-refractivity contribution in [2.24, 2.45) is 0 Å². The Labute approximate surface area is 234 Å². The van der Waals surface area contributed by atoms with Gasteiger partial charge in [-0.3, -0.25) is 10.1 Å². The van der Waals surface area contributed by atoms with Crippen LogP contribution in [0.5, 0.6) is 0 Å². The zero-order valence-corrected chi connectivity index (χ0v) is 25.8. The molecular formula is C23H32Au2NO6P2-2. The largest absolute Gasteiger partial charge is 0.296 e. The van der Waals surface area contributed by atoms with E-state index in [4.69, 9.17) is 19.2 Å². The quantitative estimate of drug-likeness (QED) is 0.117. The molecule has 0 aliphatic carbocycles. The van der Waals surface area contributed by atoms with Crippen LogP contribution in [0.25, 0.3) is 0 Å². The first-order valence-electron chi connectivity index (χ1n) is 9.24. The van der Waals surface area contributed by atoms with Crippen molar-refractivity contribution in [3.05, 3.63) is 116 Å². The Morgan fingerprint density at radius 1 is 0.735 bits per heavy atom. The van der Waals surface area contributed by atoms with E-state index in [0.717, 1.165) is 0 Å². The van der Waals surface area contributed by atoms with E-state index in [1.54, 1.807) is 75.2 Å². The van der Waals surface area contributed by atoms with E-state index in [9.17, 15) is 9.59 Å². The maximum absolute atomic E-state index is 11.6. The number of rotatable bonds is 4. The predicted octanol–water partition coefficient (Wildman–Crippen LogP) is 6.36. The van der Waals surface area contributed by atoms with E-state index >= 15 is 0 Å². The van der Waals surface area contributed by atoms with Crippen LogP contribution in [0.2, 0.25) is 0 Å². The molecule has 2 aromatic carbocycles. The summed E-state index contributed by atoms with van der Waals surface area (Å²) in [6.45, 7) is 17.1. The minimum atomic E-state index is -2.71. The van der Waals surface area contributed by atoms with Crippen LogP contribution in [-0.4, -0.2) is 43.5 Å². The van der Waals surface area contributed by atoms with Crippen molar-refractivity contribution in [2.75, 3.05) is 26.7 Å². The molecule has 0 fully saturated rings. The fourth-order valence-electron chi connectivity index (χ4n) is 1.82. The van der Waals surface area contributed by atoms with Crippen LogP contribution in [0.1, 0.15) is 20.7 Å². The monoisotopic (exact) mass is 874 g/mol. The molecule has 0 saturated carbocycles. The fraction of sp³-hybridized carbons (Fsp3) is 0.174. The van der Waals surface area contributed by atoms with Crippen LogP contribution in [0.4, 0.5) is 0 Å². The average molecular weight is 874 g/mol. The van der Waals surface area contributed by atoms with Crippen LogP contribution in [0, 0.1) is 43.8 Å². The molecule has 2 rings (SSSR count). The summed E-state index contributed by atoms with van der Waals surface area (Å²) in [4.78, 5) is 31.1. The first kappa shape index (κ1) is 37.5. The van der Waals surface area contributed by atoms with Crippen molar-refractivity contribution < 1.29 is 68.3 Å². The van der Waals surface area contributed by atoms with Crippen LogP contribution in [0.15, 0.2) is 60.7 Å². The smallest absolute Gasteiger partial charge is 0.0710 e. The molecule has 0 saturated heterocycles. The molecule has 0 aromatic heterocycles. The summed E-state index contributed by atoms with van der Waals surface area (Å²) in [5, 5.41) is 8.69. The van der Waals surface area contributed by atoms with Gasteiger partial charge in [0.05, 0.1) is 0 Å². The van der Waals surface area contributed by atoms with Gasteiger partial charge in [-0.1, -0.05) is 7.05 Å². The summed E-state index contributed by atoms with van der Waals surface area (Å²) in [7, 11) is 2.36. The van der Waals surface area contributed by atoms with Gasteiger partial charge in [-0.05, 0) is 0 Å². The third-order valence-electron chi connectivity index (χ3n) is 2.81. The van der Waals surface area contributed by atoms with E-state index in [0.29, 0.717) is 11.1 Å². The molecule has 1 radical (unpaired) electrons. The zero-order valence-electron chi connectivity index (χ0n) is 19.7. The van der Waals surface area contributed by atoms with Gasteiger partial charge in [0.15, 0.2) is 0 Å². The van der Waals surface area contributed by atoms with Gasteiger partial charge in [0.1, 0.15) is 0 Å². The molecule has 0 heterocycles. The number of nitro groups is 1. The van der Waals surface area contributed by atoms with Gasteiger partial charge < -0.3 is 0 Å². The van der Waals surface area contributed by atoms with Crippen molar-refractivity contribution in [1.29, 1.82) is 0 Å². The van der Waals surface area contributed by atoms with E-state index in [2.05, 4.69) is 33.7 Å². The van der Waals surface area contributed by atoms with Crippen molar-refractivity contribution >= 4 is 25.6 Å². The number of hydrogen-bond donors (Lipinski definition) is 0. The minimum Gasteiger partial charge on any atom is -0.296 e. The number of carbonyl (C=O) groups is 2. The van der Waals surface area contributed by atoms with E-state index in [-0.39, 0.29) is 56.7 Å². The molecule has 0 amide bonds. The number of benzene rings is 2. The summed E-state index contributed by atoms with van der Waals surface area (Å²) in [6, 6.07) is 17.7. The number of carbonyl (C=O) groups excluding carboxylic acids is 2. The Morgan fingerprint density at radius 3 is 1.12 bits per heavy atom. The molecule has 0 aliphatic rings. The van der Waals surface area contributed by atoms with Gasteiger partial charge >= 0.3 is 192 Å². The molecule has 0 bridgehead atoms. The molecule has 7 nitrogen and oxygen atoms in total. The van der Waals surface area contributed by atoms with Gasteiger partial charge in [-0.15, -0.1) is 4.92 Å². The van der Waals surface area contributed by atoms with Crippen molar-refractivity contribution in [1.82, 2.24) is 0 Å². The zero-order chi connectivity index (χ0) is 25.3. The second-order valence-electron chi connectivity index (χ2n) is 8.94. The van der Waals surface area contributed by atoms with Gasteiger partial charge in [0.25, 0.3) is 0 Å². The summed E-state index contributed by atoms with van der Waals surface area (Å²) < 4.78 is 10.6. The molecule has 2 aromatic rings. The normalized spacial score (nSPS) is 12.4. The Balaban J connectivity index is -0.000000465. The van der Waals surface area contributed by atoms with Crippen LogP contribution < -0.4 is 0 Å². The Hall–Kier alpha value is -1.01. The van der Waals surface area contributed by atoms with Crippen LogP contribution in [0.3, 0.4) is 0 Å². The number of nitrogens with zero attached hydrogens (tertiary/aromatic N) is 1. The Bertz CT molecular complexity index is 830. The Morgan fingerprint density at radius 2 is 0.941 bits per heavy atom. The molecule has 0 spiro atoms. The fourth-order valence-corrected chi connectivity index (χ4v) is 3.16.